The molecule has 8 aromatic rings. The van der Waals surface area contributed by atoms with Gasteiger partial charge in [0.05, 0.1) is 0 Å². The summed E-state index contributed by atoms with van der Waals surface area (Å²) in [7, 11) is 0. The average molecular weight is 835 g/mol. The minimum absolute atomic E-state index is 0.311. The van der Waals surface area contributed by atoms with Crippen LogP contribution in [0.15, 0.2) is 158 Å². The van der Waals surface area contributed by atoms with E-state index in [0.29, 0.717) is 22.3 Å². The van der Waals surface area contributed by atoms with Crippen molar-refractivity contribution >= 4 is 21.5 Å². The molecule has 8 rings (SSSR count). The quantitative estimate of drug-likeness (QED) is 0.135. The molecule has 0 radical (unpaired) electrons. The van der Waals surface area contributed by atoms with Gasteiger partial charge < -0.3 is 9.47 Å². The van der Waals surface area contributed by atoms with Crippen LogP contribution in [0.3, 0.4) is 0 Å². The zero-order valence-electron chi connectivity index (χ0n) is 33.0. The van der Waals surface area contributed by atoms with Gasteiger partial charge in [0.2, 0.25) is 0 Å². The highest BCUT2D eigenvalue weighted by molar-refractivity contribution is 5.89. The van der Waals surface area contributed by atoms with Crippen LogP contribution in [0.5, 0.6) is 11.5 Å². The average Bonchev–Trinajstić information content (AvgIpc) is 3.23. The minimum Gasteiger partial charge on any atom is -0.406 e. The number of halogens is 8. The highest BCUT2D eigenvalue weighted by Crippen LogP contribution is 2.34. The second-order valence-corrected chi connectivity index (χ2v) is 14.4. The van der Waals surface area contributed by atoms with Crippen molar-refractivity contribution in [2.75, 3.05) is 0 Å². The van der Waals surface area contributed by atoms with Gasteiger partial charge in [0.25, 0.3) is 0 Å². The van der Waals surface area contributed by atoms with Crippen molar-refractivity contribution in [3.05, 3.63) is 180 Å². The van der Waals surface area contributed by atoms with Crippen LogP contribution in [0.2, 0.25) is 0 Å². The molecule has 0 atom stereocenters. The Hall–Kier alpha value is -6.68. The lowest BCUT2D eigenvalue weighted by atomic mass is 9.97. The van der Waals surface area contributed by atoms with Gasteiger partial charge in [-0.1, -0.05) is 129 Å². The lowest BCUT2D eigenvalue weighted by molar-refractivity contribution is -0.275. The van der Waals surface area contributed by atoms with Gasteiger partial charge in [-0.3, -0.25) is 0 Å². The summed E-state index contributed by atoms with van der Waals surface area (Å²) >= 11 is 0. The topological polar surface area (TPSA) is 18.5 Å². The van der Waals surface area contributed by atoms with Gasteiger partial charge in [0.1, 0.15) is 23.1 Å². The first-order chi connectivity index (χ1) is 29.1. The van der Waals surface area contributed by atoms with Gasteiger partial charge in [-0.2, -0.15) is 0 Å². The summed E-state index contributed by atoms with van der Waals surface area (Å²) in [5, 5.41) is 4.45. The van der Waals surface area contributed by atoms with E-state index in [0.717, 1.165) is 63.1 Å². The summed E-state index contributed by atoms with van der Waals surface area (Å²) in [4.78, 5) is 0. The molecule has 0 aliphatic rings. The third-order valence-electron chi connectivity index (χ3n) is 10.2. The van der Waals surface area contributed by atoms with Crippen LogP contribution < -0.4 is 9.47 Å². The molecule has 0 saturated heterocycles. The second kappa shape index (κ2) is 17.9. The highest BCUT2D eigenvalue weighted by Gasteiger charge is 2.31. The van der Waals surface area contributed by atoms with Gasteiger partial charge in [0.15, 0.2) is 0 Å². The fourth-order valence-electron chi connectivity index (χ4n) is 7.14. The molecule has 61 heavy (non-hydrogen) atoms. The molecule has 10 heteroatoms. The smallest absolute Gasteiger partial charge is 0.406 e. The molecule has 0 unspecified atom stereocenters. The second-order valence-electron chi connectivity index (χ2n) is 14.4. The maximum absolute atomic E-state index is 14.8. The van der Waals surface area contributed by atoms with Crippen molar-refractivity contribution in [3.8, 4) is 56.0 Å². The van der Waals surface area contributed by atoms with Crippen LogP contribution in [0.4, 0.5) is 35.1 Å². The van der Waals surface area contributed by atoms with E-state index >= 15 is 0 Å². The monoisotopic (exact) mass is 834 g/mol. The van der Waals surface area contributed by atoms with Crippen LogP contribution in [-0.2, 0) is 12.8 Å². The first-order valence-corrected chi connectivity index (χ1v) is 19.5. The van der Waals surface area contributed by atoms with Gasteiger partial charge in [-0.25, -0.2) is 8.78 Å². The standard InChI is InChI=1S/C26H20F4O.C25H18F4O/c1-2-3-17-4-5-20-15-21(7-6-19(20)14-17)22-10-13-24(25(27)16-22)18-8-11-23(12-9-18)31-26(28,29)30;1-2-16-3-4-19-14-20(6-5-18(19)13-16)21-9-12-23(24(26)15-21)17-7-10-22(11-8-17)30-25(27,28)29/h4-16H,2-3H2,1H3;3-15H,2H2,1H3. The van der Waals surface area contributed by atoms with Gasteiger partial charge in [-0.05, 0) is 127 Å². The van der Waals surface area contributed by atoms with E-state index in [4.69, 9.17) is 0 Å². The summed E-state index contributed by atoms with van der Waals surface area (Å²) in [6, 6.07) is 44.8. The SMILES string of the molecule is CCCc1ccc2cc(-c3ccc(-c4ccc(OC(F)(F)F)cc4)c(F)c3)ccc2c1.CCc1ccc2cc(-c3ccc(-c4ccc(OC(F)(F)F)cc4)c(F)c3)ccc2c1. The lowest BCUT2D eigenvalue weighted by Crippen LogP contribution is -2.16. The van der Waals surface area contributed by atoms with E-state index in [1.165, 1.54) is 71.8 Å². The first-order valence-electron chi connectivity index (χ1n) is 19.5. The van der Waals surface area contributed by atoms with E-state index in [-0.39, 0.29) is 11.5 Å². The maximum Gasteiger partial charge on any atom is 0.573 e. The molecule has 8 aromatic carbocycles. The van der Waals surface area contributed by atoms with Gasteiger partial charge in [0, 0.05) is 11.1 Å². The number of hydrogen-bond donors (Lipinski definition) is 0. The van der Waals surface area contributed by atoms with E-state index in [1.807, 2.05) is 42.5 Å². The predicted octanol–water partition coefficient (Wildman–Crippen LogP) is 15.9. The molecule has 0 heterocycles. The Labute approximate surface area is 347 Å². The Balaban J connectivity index is 0.000000184. The van der Waals surface area contributed by atoms with Crippen molar-refractivity contribution in [1.29, 1.82) is 0 Å². The molecule has 0 aliphatic carbocycles. The van der Waals surface area contributed by atoms with Gasteiger partial charge in [-0.15, -0.1) is 26.3 Å². The Morgan fingerprint density at radius 2 is 0.721 bits per heavy atom. The molecule has 0 aromatic heterocycles. The molecular weight excluding hydrogens is 797 g/mol. The molecule has 0 saturated carbocycles. The van der Waals surface area contributed by atoms with Crippen LogP contribution in [0.1, 0.15) is 31.4 Å². The Morgan fingerprint density at radius 1 is 0.377 bits per heavy atom. The molecule has 310 valence electrons. The summed E-state index contributed by atoms with van der Waals surface area (Å²) in [6.45, 7) is 4.26. The van der Waals surface area contributed by atoms with E-state index < -0.39 is 24.4 Å². The first kappa shape index (κ1) is 42.4. The highest BCUT2D eigenvalue weighted by atomic mass is 19.4. The third-order valence-corrected chi connectivity index (χ3v) is 10.2. The summed E-state index contributed by atoms with van der Waals surface area (Å²) in [5.74, 6) is -1.57. The Bertz CT molecular complexity index is 2790. The molecular formula is C51H38F8O2. The number of benzene rings is 8. The summed E-state index contributed by atoms with van der Waals surface area (Å²) in [6.07, 6.45) is -6.42. The molecule has 0 N–H and O–H groups in total. The third kappa shape index (κ3) is 10.7. The van der Waals surface area contributed by atoms with E-state index in [9.17, 15) is 35.1 Å². The number of aryl methyl sites for hydroxylation is 2. The van der Waals surface area contributed by atoms with Crippen molar-refractivity contribution in [2.24, 2.45) is 0 Å². The molecule has 0 fully saturated rings. The van der Waals surface area contributed by atoms with Crippen LogP contribution in [0.25, 0.3) is 66.1 Å². The molecule has 0 bridgehead atoms. The molecule has 0 amide bonds. The van der Waals surface area contributed by atoms with Crippen molar-refractivity contribution in [3.63, 3.8) is 0 Å². The van der Waals surface area contributed by atoms with Crippen molar-refractivity contribution in [2.45, 2.75) is 45.8 Å². The number of alkyl halides is 6. The summed E-state index contributed by atoms with van der Waals surface area (Å²) in [5.41, 5.74) is 7.38. The summed E-state index contributed by atoms with van der Waals surface area (Å²) < 4.78 is 111. The Morgan fingerprint density at radius 3 is 1.11 bits per heavy atom. The van der Waals surface area contributed by atoms with E-state index in [2.05, 4.69) is 59.7 Å². The number of ether oxygens (including phenoxy) is 2. The van der Waals surface area contributed by atoms with Crippen LogP contribution in [0, 0.1) is 11.6 Å². The fourth-order valence-corrected chi connectivity index (χ4v) is 7.14. The van der Waals surface area contributed by atoms with Gasteiger partial charge >= 0.3 is 12.7 Å². The van der Waals surface area contributed by atoms with Crippen molar-refractivity contribution < 1.29 is 44.6 Å². The zero-order valence-corrected chi connectivity index (χ0v) is 33.0. The fraction of sp³-hybridized carbons (Fsp3) is 0.137. The lowest BCUT2D eigenvalue weighted by Gasteiger charge is -2.11. The molecule has 0 spiro atoms. The Kier molecular flexibility index (Phi) is 12.4. The zero-order chi connectivity index (χ0) is 43.3. The van der Waals surface area contributed by atoms with Crippen molar-refractivity contribution in [1.82, 2.24) is 0 Å². The maximum atomic E-state index is 14.8. The number of fused-ring (bicyclic) bond motifs is 2. The number of hydrogen-bond acceptors (Lipinski definition) is 2. The van der Waals surface area contributed by atoms with Crippen LogP contribution >= 0.6 is 0 Å². The molecule has 0 aliphatic heterocycles. The molecule has 2 nitrogen and oxygen atoms in total. The largest absolute Gasteiger partial charge is 0.573 e. The minimum atomic E-state index is -4.76. The van der Waals surface area contributed by atoms with E-state index in [1.54, 1.807) is 18.2 Å². The predicted molar refractivity (Wildman–Crippen MR) is 226 cm³/mol. The van der Waals surface area contributed by atoms with Crippen LogP contribution in [-0.4, -0.2) is 12.7 Å². The normalized spacial score (nSPS) is 11.6. The number of rotatable bonds is 9.